The molecule has 0 saturated heterocycles. The minimum Gasteiger partial charge on any atom is -0.480 e. The van der Waals surface area contributed by atoms with E-state index < -0.39 is 25.5 Å². The number of hydrogen-bond donors (Lipinski definition) is 5. The lowest BCUT2D eigenvalue weighted by atomic mass is 9.78. The molecule has 36 heavy (non-hydrogen) atoms. The number of aliphatic hydroxyl groups is 1. The Bertz CT molecular complexity index is 1110. The average Bonchev–Trinajstić information content (AvgIpc) is 3.24. The number of carbonyl (C=O) groups is 3. The van der Waals surface area contributed by atoms with Crippen LogP contribution in [0.4, 0.5) is 0 Å². The van der Waals surface area contributed by atoms with E-state index in [0.29, 0.717) is 41.3 Å². The highest BCUT2D eigenvalue weighted by molar-refractivity contribution is 6.61. The highest BCUT2D eigenvalue weighted by Crippen LogP contribution is 2.14. The van der Waals surface area contributed by atoms with Gasteiger partial charge in [-0.3, -0.25) is 14.4 Å². The number of unbranched alkanes of at least 4 members (excludes halogenated alkanes) is 1. The third-order valence-electron chi connectivity index (χ3n) is 6.08. The number of carbonyl (C=O) groups excluding carboxylic acids is 2. The first-order valence-corrected chi connectivity index (χ1v) is 11.7. The van der Waals surface area contributed by atoms with Crippen LogP contribution in [0.1, 0.15) is 58.0 Å². The lowest BCUT2D eigenvalue weighted by Gasteiger charge is -2.22. The predicted molar refractivity (Wildman–Crippen MR) is 133 cm³/mol. The fourth-order valence-corrected chi connectivity index (χ4v) is 4.08. The van der Waals surface area contributed by atoms with Gasteiger partial charge in [-0.15, -0.1) is 0 Å². The molecule has 0 saturated carbocycles. The van der Waals surface area contributed by atoms with Crippen molar-refractivity contribution in [3.63, 3.8) is 0 Å². The second-order valence-corrected chi connectivity index (χ2v) is 8.77. The molecule has 0 spiro atoms. The predicted octanol–water partition coefficient (Wildman–Crippen LogP) is -0.851. The van der Waals surface area contributed by atoms with Crippen LogP contribution in [0.5, 0.6) is 0 Å². The number of nitrogens with one attached hydrogen (secondary N) is 1. The van der Waals surface area contributed by atoms with Crippen LogP contribution in [0.25, 0.3) is 0 Å². The molecule has 1 atom stereocenters. The van der Waals surface area contributed by atoms with E-state index in [1.165, 1.54) is 17.0 Å². The number of fused-ring (bicyclic) bond motifs is 1. The van der Waals surface area contributed by atoms with Gasteiger partial charge in [-0.25, -0.2) is 0 Å². The standard InChI is InChI=1S/C24H29B2N2O8/c1-15(27-23(32)16-5-7-18(13-29)20(10-16)25-34)4-2-3-9-28(12-22(30)31)24(33)17-6-8-19-14-36-26(35)21(19)11-17/h5-8,10-11,15,29,34-35H,2-4,9,12-14H2,1H3,(H,27,32)(H,30,31). The molecule has 0 aliphatic carbocycles. The smallest absolute Gasteiger partial charge is 0.480 e. The quantitative estimate of drug-likeness (QED) is 0.188. The highest BCUT2D eigenvalue weighted by Gasteiger charge is 2.29. The molecular formula is C24H29B2N2O8. The van der Waals surface area contributed by atoms with Gasteiger partial charge in [-0.1, -0.05) is 18.2 Å². The Morgan fingerprint density at radius 2 is 1.92 bits per heavy atom. The minimum absolute atomic E-state index is 0.182. The van der Waals surface area contributed by atoms with E-state index in [1.54, 1.807) is 24.3 Å². The van der Waals surface area contributed by atoms with Crippen molar-refractivity contribution in [1.82, 2.24) is 10.2 Å². The van der Waals surface area contributed by atoms with Crippen molar-refractivity contribution in [3.8, 4) is 0 Å². The van der Waals surface area contributed by atoms with Gasteiger partial charge in [-0.05, 0) is 66.4 Å². The van der Waals surface area contributed by atoms with Gasteiger partial charge in [0.1, 0.15) is 6.54 Å². The molecule has 1 unspecified atom stereocenters. The number of carboxylic acids is 1. The van der Waals surface area contributed by atoms with Crippen molar-refractivity contribution < 1.29 is 39.3 Å². The van der Waals surface area contributed by atoms with Crippen LogP contribution in [-0.4, -0.2) is 76.7 Å². The lowest BCUT2D eigenvalue weighted by Crippen LogP contribution is -2.38. The van der Waals surface area contributed by atoms with Gasteiger partial charge in [0.2, 0.25) is 0 Å². The van der Waals surface area contributed by atoms with E-state index in [0.717, 1.165) is 13.0 Å². The fourth-order valence-electron chi connectivity index (χ4n) is 4.08. The topological polar surface area (TPSA) is 157 Å². The summed E-state index contributed by atoms with van der Waals surface area (Å²) in [6.45, 7) is 1.62. The average molecular weight is 495 g/mol. The third kappa shape index (κ3) is 6.94. The van der Waals surface area contributed by atoms with Crippen molar-refractivity contribution >= 4 is 43.3 Å². The van der Waals surface area contributed by atoms with E-state index in [9.17, 15) is 34.6 Å². The molecule has 1 aliphatic heterocycles. The molecule has 0 aromatic heterocycles. The minimum atomic E-state index is -1.12. The molecule has 12 heteroatoms. The lowest BCUT2D eigenvalue weighted by molar-refractivity contribution is -0.137. The number of carboxylic acid groups (broad SMARTS) is 1. The Morgan fingerprint density at radius 3 is 2.61 bits per heavy atom. The maximum Gasteiger partial charge on any atom is 0.491 e. The van der Waals surface area contributed by atoms with Gasteiger partial charge in [0.15, 0.2) is 0 Å². The molecule has 1 heterocycles. The summed E-state index contributed by atoms with van der Waals surface area (Å²) in [5.41, 5.74) is 2.80. The van der Waals surface area contributed by atoms with Crippen molar-refractivity contribution in [2.75, 3.05) is 13.1 Å². The third-order valence-corrected chi connectivity index (χ3v) is 6.08. The Kier molecular flexibility index (Phi) is 9.65. The second-order valence-electron chi connectivity index (χ2n) is 8.77. The maximum atomic E-state index is 13.0. The van der Waals surface area contributed by atoms with Crippen LogP contribution in [0, 0.1) is 0 Å². The van der Waals surface area contributed by atoms with Crippen molar-refractivity contribution in [3.05, 3.63) is 58.7 Å². The zero-order valence-electron chi connectivity index (χ0n) is 20.0. The number of aliphatic hydroxyl groups excluding tert-OH is 1. The van der Waals surface area contributed by atoms with Crippen molar-refractivity contribution in [2.24, 2.45) is 0 Å². The van der Waals surface area contributed by atoms with E-state index in [-0.39, 0.29) is 37.3 Å². The number of aliphatic carboxylic acids is 1. The highest BCUT2D eigenvalue weighted by atomic mass is 16.5. The molecule has 5 N–H and O–H groups in total. The number of benzene rings is 2. The summed E-state index contributed by atoms with van der Waals surface area (Å²) in [4.78, 5) is 38.1. The van der Waals surface area contributed by atoms with Crippen LogP contribution in [-0.2, 0) is 22.7 Å². The molecule has 2 amide bonds. The van der Waals surface area contributed by atoms with Crippen LogP contribution >= 0.6 is 0 Å². The maximum absolute atomic E-state index is 13.0. The summed E-state index contributed by atoms with van der Waals surface area (Å²) in [6, 6.07) is 9.29. The SMILES string of the molecule is CC(CCCCN(CC(=O)O)C(=O)c1ccc2c(c1)B(O)OC2)NC(=O)c1ccc(CO)c([B]O)c1. The summed E-state index contributed by atoms with van der Waals surface area (Å²) >= 11 is 0. The van der Waals surface area contributed by atoms with Crippen molar-refractivity contribution in [2.45, 2.75) is 45.4 Å². The summed E-state index contributed by atoms with van der Waals surface area (Å²) in [5.74, 6) is -1.88. The Morgan fingerprint density at radius 1 is 1.17 bits per heavy atom. The largest absolute Gasteiger partial charge is 0.491 e. The molecule has 3 rings (SSSR count). The monoisotopic (exact) mass is 495 g/mol. The summed E-state index contributed by atoms with van der Waals surface area (Å²) in [6.07, 6.45) is 1.78. The van der Waals surface area contributed by atoms with Crippen LogP contribution in [0.3, 0.4) is 0 Å². The molecular weight excluding hydrogens is 466 g/mol. The molecule has 0 bridgehead atoms. The summed E-state index contributed by atoms with van der Waals surface area (Å²) in [5, 5.41) is 40.6. The van der Waals surface area contributed by atoms with Gasteiger partial charge < -0.3 is 35.1 Å². The van der Waals surface area contributed by atoms with E-state index in [2.05, 4.69) is 5.32 Å². The normalized spacial score (nSPS) is 13.2. The van der Waals surface area contributed by atoms with Crippen molar-refractivity contribution in [1.29, 1.82) is 0 Å². The second kappa shape index (κ2) is 12.7. The summed E-state index contributed by atoms with van der Waals surface area (Å²) < 4.78 is 5.15. The van der Waals surface area contributed by atoms with E-state index >= 15 is 0 Å². The van der Waals surface area contributed by atoms with Crippen LogP contribution in [0.15, 0.2) is 36.4 Å². The number of nitrogens with zero attached hydrogens (tertiary/aromatic N) is 1. The zero-order valence-corrected chi connectivity index (χ0v) is 20.0. The number of hydrogen-bond acceptors (Lipinski definition) is 7. The zero-order chi connectivity index (χ0) is 26.2. The molecule has 2 aromatic carbocycles. The molecule has 1 radical (unpaired) electrons. The Hall–Kier alpha value is -3.18. The van der Waals surface area contributed by atoms with Gasteiger partial charge in [0.25, 0.3) is 11.8 Å². The first kappa shape index (κ1) is 27.4. The Labute approximate surface area is 210 Å². The number of rotatable bonds is 12. The molecule has 10 nitrogen and oxygen atoms in total. The molecule has 1 aliphatic rings. The summed E-state index contributed by atoms with van der Waals surface area (Å²) in [7, 11) is -0.257. The van der Waals surface area contributed by atoms with Gasteiger partial charge in [0, 0.05) is 23.7 Å². The van der Waals surface area contributed by atoms with Gasteiger partial charge in [0.05, 0.1) is 13.2 Å². The van der Waals surface area contributed by atoms with Crippen LogP contribution < -0.4 is 16.2 Å². The van der Waals surface area contributed by atoms with Gasteiger partial charge >= 0.3 is 20.6 Å². The molecule has 0 fully saturated rings. The first-order valence-electron chi connectivity index (χ1n) is 11.7. The van der Waals surface area contributed by atoms with Gasteiger partial charge in [-0.2, -0.15) is 0 Å². The van der Waals surface area contributed by atoms with E-state index in [4.69, 9.17) is 4.65 Å². The Balaban J connectivity index is 1.52. The first-order chi connectivity index (χ1) is 17.2. The fraction of sp³-hybridized carbons (Fsp3) is 0.375. The molecule has 189 valence electrons. The number of amides is 2. The molecule has 2 aromatic rings. The van der Waals surface area contributed by atoms with Crippen LogP contribution in [0.2, 0.25) is 0 Å². The van der Waals surface area contributed by atoms with E-state index in [1.807, 2.05) is 6.92 Å².